The van der Waals surface area contributed by atoms with Crippen molar-refractivity contribution in [2.75, 3.05) is 5.75 Å². The van der Waals surface area contributed by atoms with Gasteiger partial charge in [0.1, 0.15) is 5.52 Å². The molecule has 0 bridgehead atoms. The number of hydrogen-bond donors (Lipinski definition) is 0. The van der Waals surface area contributed by atoms with Crippen LogP contribution in [0.15, 0.2) is 64.7 Å². The first-order chi connectivity index (χ1) is 12.1. The van der Waals surface area contributed by atoms with Crippen molar-refractivity contribution in [3.05, 3.63) is 76.5 Å². The average molecular weight is 349 g/mol. The fraction of sp³-hybridized carbons (Fsp3) is 0.200. The summed E-state index contributed by atoms with van der Waals surface area (Å²) in [5, 5.41) is 0. The van der Waals surface area contributed by atoms with Crippen LogP contribution in [0.3, 0.4) is 0 Å². The highest BCUT2D eigenvalue weighted by atomic mass is 32.2. The maximum Gasteiger partial charge on any atom is 0.277 e. The summed E-state index contributed by atoms with van der Waals surface area (Å²) in [5.41, 5.74) is 5.18. The third-order valence-electron chi connectivity index (χ3n) is 4.60. The number of imidazole rings is 1. The predicted octanol–water partition coefficient (Wildman–Crippen LogP) is 4.06. The molecule has 0 radical (unpaired) electrons. The van der Waals surface area contributed by atoms with E-state index in [4.69, 9.17) is 0 Å². The molecule has 25 heavy (non-hydrogen) atoms. The minimum Gasteiger partial charge on any atom is -0.304 e. The summed E-state index contributed by atoms with van der Waals surface area (Å²) in [6, 6.07) is 14.5. The van der Waals surface area contributed by atoms with E-state index in [2.05, 4.69) is 37.0 Å². The Labute approximate surface area is 150 Å². The molecule has 5 heteroatoms. The summed E-state index contributed by atoms with van der Waals surface area (Å²) >= 11 is 1.78. The lowest BCUT2D eigenvalue weighted by atomic mass is 10.1. The fourth-order valence-corrected chi connectivity index (χ4v) is 4.00. The van der Waals surface area contributed by atoms with Gasteiger partial charge in [0, 0.05) is 17.2 Å². The number of nitrogens with zero attached hydrogens (tertiary/aromatic N) is 3. The molecule has 0 fully saturated rings. The van der Waals surface area contributed by atoms with Gasteiger partial charge >= 0.3 is 0 Å². The van der Waals surface area contributed by atoms with Gasteiger partial charge in [0.25, 0.3) is 5.56 Å². The van der Waals surface area contributed by atoms with Crippen molar-refractivity contribution in [1.29, 1.82) is 0 Å². The second-order valence-corrected chi connectivity index (χ2v) is 7.36. The van der Waals surface area contributed by atoms with E-state index >= 15 is 0 Å². The molecule has 126 valence electrons. The van der Waals surface area contributed by atoms with Crippen molar-refractivity contribution in [1.82, 2.24) is 14.0 Å². The lowest BCUT2D eigenvalue weighted by Crippen LogP contribution is -2.23. The van der Waals surface area contributed by atoms with Crippen LogP contribution in [-0.4, -0.2) is 19.7 Å². The third-order valence-corrected chi connectivity index (χ3v) is 5.57. The first-order valence-corrected chi connectivity index (χ1v) is 9.27. The minimum atomic E-state index is 0.0110. The molecule has 0 saturated heterocycles. The Morgan fingerprint density at radius 1 is 1.00 bits per heavy atom. The van der Waals surface area contributed by atoms with Crippen molar-refractivity contribution >= 4 is 28.3 Å². The van der Waals surface area contributed by atoms with Crippen LogP contribution < -0.4 is 5.56 Å². The number of para-hydroxylation sites is 2. The predicted molar refractivity (Wildman–Crippen MR) is 104 cm³/mol. The first kappa shape index (κ1) is 16.0. The number of thioether (sulfide) groups is 1. The van der Waals surface area contributed by atoms with Crippen molar-refractivity contribution in [2.24, 2.45) is 0 Å². The second kappa shape index (κ2) is 6.41. The summed E-state index contributed by atoms with van der Waals surface area (Å²) in [6.45, 7) is 4.92. The van der Waals surface area contributed by atoms with Gasteiger partial charge in [-0.25, -0.2) is 4.98 Å². The number of rotatable bonds is 4. The largest absolute Gasteiger partial charge is 0.304 e. The Bertz CT molecular complexity index is 1130. The molecule has 0 amide bonds. The van der Waals surface area contributed by atoms with Crippen molar-refractivity contribution in [2.45, 2.75) is 25.3 Å². The third kappa shape index (κ3) is 2.85. The first-order valence-electron chi connectivity index (χ1n) is 8.29. The highest BCUT2D eigenvalue weighted by molar-refractivity contribution is 7.99. The smallest absolute Gasteiger partial charge is 0.277 e. The summed E-state index contributed by atoms with van der Waals surface area (Å²) < 4.78 is 3.73. The van der Waals surface area contributed by atoms with Gasteiger partial charge in [0.05, 0.1) is 23.6 Å². The fourth-order valence-electron chi connectivity index (χ4n) is 3.07. The van der Waals surface area contributed by atoms with E-state index in [0.717, 1.165) is 16.8 Å². The van der Waals surface area contributed by atoms with E-state index in [-0.39, 0.29) is 5.56 Å². The van der Waals surface area contributed by atoms with Gasteiger partial charge in [-0.15, -0.1) is 11.8 Å². The topological polar surface area (TPSA) is 39.3 Å². The van der Waals surface area contributed by atoms with Gasteiger partial charge in [-0.05, 0) is 49.2 Å². The van der Waals surface area contributed by atoms with Crippen LogP contribution in [0.25, 0.3) is 16.6 Å². The van der Waals surface area contributed by atoms with Crippen LogP contribution in [0.1, 0.15) is 11.1 Å². The summed E-state index contributed by atoms with van der Waals surface area (Å²) in [6.07, 6.45) is 3.34. The molecule has 0 saturated carbocycles. The standard InChI is InChI=1S/C20H19N3OS/c1-14-7-8-16(11-15(14)2)25-10-9-22-17-5-3-4-6-18(17)23-13-21-12-19(23)20(22)24/h3-8,11-13H,9-10H2,1-2H3. The number of hydrogen-bond acceptors (Lipinski definition) is 3. The Morgan fingerprint density at radius 2 is 1.80 bits per heavy atom. The number of benzene rings is 2. The maximum absolute atomic E-state index is 12.8. The minimum absolute atomic E-state index is 0.0110. The van der Waals surface area contributed by atoms with Crippen LogP contribution in [0.4, 0.5) is 0 Å². The molecule has 0 atom stereocenters. The SMILES string of the molecule is Cc1ccc(SCCn2c(=O)c3cncn3c3ccccc32)cc1C. The molecule has 0 aliphatic heterocycles. The van der Waals surface area contributed by atoms with Crippen LogP contribution in [0, 0.1) is 13.8 Å². The molecule has 0 aliphatic rings. The molecule has 2 aromatic heterocycles. The Hall–Kier alpha value is -2.53. The van der Waals surface area contributed by atoms with Crippen LogP contribution in [0.5, 0.6) is 0 Å². The molecule has 0 N–H and O–H groups in total. The summed E-state index contributed by atoms with van der Waals surface area (Å²) in [5.74, 6) is 0.844. The molecular weight excluding hydrogens is 330 g/mol. The zero-order valence-electron chi connectivity index (χ0n) is 14.3. The Kier molecular flexibility index (Phi) is 4.09. The van der Waals surface area contributed by atoms with E-state index in [0.29, 0.717) is 12.1 Å². The van der Waals surface area contributed by atoms with Gasteiger partial charge in [-0.3, -0.25) is 9.20 Å². The lowest BCUT2D eigenvalue weighted by molar-refractivity contribution is 0.767. The van der Waals surface area contributed by atoms with Gasteiger partial charge in [-0.2, -0.15) is 0 Å². The number of aromatic nitrogens is 3. The van der Waals surface area contributed by atoms with Gasteiger partial charge in [0.15, 0.2) is 0 Å². The summed E-state index contributed by atoms with van der Waals surface area (Å²) in [7, 11) is 0. The lowest BCUT2D eigenvalue weighted by Gasteiger charge is -2.12. The maximum atomic E-state index is 12.8. The molecule has 4 nitrogen and oxygen atoms in total. The van der Waals surface area contributed by atoms with E-state index in [1.165, 1.54) is 16.0 Å². The number of fused-ring (bicyclic) bond motifs is 3. The average Bonchev–Trinajstić information content (AvgIpc) is 3.11. The van der Waals surface area contributed by atoms with E-state index in [1.807, 2.05) is 33.2 Å². The highest BCUT2D eigenvalue weighted by Gasteiger charge is 2.10. The van der Waals surface area contributed by atoms with Crippen LogP contribution in [0.2, 0.25) is 0 Å². The molecule has 4 rings (SSSR count). The zero-order chi connectivity index (χ0) is 17.4. The number of aryl methyl sites for hydroxylation is 3. The molecule has 4 aromatic rings. The molecule has 2 aromatic carbocycles. The van der Waals surface area contributed by atoms with Crippen LogP contribution in [-0.2, 0) is 6.54 Å². The molecule has 2 heterocycles. The summed E-state index contributed by atoms with van der Waals surface area (Å²) in [4.78, 5) is 18.2. The van der Waals surface area contributed by atoms with Gasteiger partial charge < -0.3 is 4.57 Å². The zero-order valence-corrected chi connectivity index (χ0v) is 15.1. The quantitative estimate of drug-likeness (QED) is 0.522. The Morgan fingerprint density at radius 3 is 2.60 bits per heavy atom. The van der Waals surface area contributed by atoms with Gasteiger partial charge in [0.2, 0.25) is 0 Å². The molecule has 0 aliphatic carbocycles. The van der Waals surface area contributed by atoms with Crippen LogP contribution >= 0.6 is 11.8 Å². The van der Waals surface area contributed by atoms with E-state index in [9.17, 15) is 4.79 Å². The second-order valence-electron chi connectivity index (χ2n) is 6.19. The van der Waals surface area contributed by atoms with Crippen molar-refractivity contribution < 1.29 is 0 Å². The van der Waals surface area contributed by atoms with Gasteiger partial charge in [-0.1, -0.05) is 18.2 Å². The van der Waals surface area contributed by atoms with Crippen molar-refractivity contribution in [3.63, 3.8) is 0 Å². The monoisotopic (exact) mass is 349 g/mol. The molecule has 0 spiro atoms. The normalized spacial score (nSPS) is 11.4. The van der Waals surface area contributed by atoms with E-state index < -0.39 is 0 Å². The molecule has 0 unspecified atom stereocenters. The van der Waals surface area contributed by atoms with E-state index in [1.54, 1.807) is 24.3 Å². The highest BCUT2D eigenvalue weighted by Crippen LogP contribution is 2.22. The van der Waals surface area contributed by atoms with Crippen molar-refractivity contribution in [3.8, 4) is 0 Å². The molecular formula is C20H19N3OS. The Balaban J connectivity index is 1.67.